The van der Waals surface area contributed by atoms with Gasteiger partial charge in [0.15, 0.2) is 5.78 Å². The number of oxime groups is 1. The molecule has 0 N–H and O–H groups in total. The van der Waals surface area contributed by atoms with E-state index in [2.05, 4.69) is 12.1 Å². The molecule has 0 amide bonds. The molecule has 0 saturated heterocycles. The van der Waals surface area contributed by atoms with Gasteiger partial charge in [-0.15, -0.1) is 0 Å². The first-order valence-corrected chi connectivity index (χ1v) is 5.47. The van der Waals surface area contributed by atoms with E-state index in [-0.39, 0.29) is 11.9 Å². The Labute approximate surface area is 85.5 Å². The van der Waals surface area contributed by atoms with Crippen molar-refractivity contribution in [2.24, 2.45) is 5.16 Å². The third-order valence-electron chi connectivity index (χ3n) is 2.52. The molecule has 1 heterocycles. The maximum Gasteiger partial charge on any atom is 0.177 e. The molecule has 1 aliphatic rings. The van der Waals surface area contributed by atoms with E-state index < -0.39 is 0 Å². The normalized spacial score (nSPS) is 20.4. The van der Waals surface area contributed by atoms with Crippen molar-refractivity contribution in [3.63, 3.8) is 0 Å². The molecular weight excluding hydrogens is 178 g/mol. The van der Waals surface area contributed by atoms with Crippen LogP contribution in [0, 0.1) is 0 Å². The quantitative estimate of drug-likeness (QED) is 0.614. The molecule has 0 fully saturated rings. The number of hydrogen-bond donors (Lipinski definition) is 0. The number of rotatable bonds is 6. The molecule has 14 heavy (non-hydrogen) atoms. The second kappa shape index (κ2) is 5.78. The van der Waals surface area contributed by atoms with Gasteiger partial charge in [-0.3, -0.25) is 4.79 Å². The molecule has 0 aliphatic carbocycles. The number of unbranched alkanes of at least 4 members (excludes halogenated alkanes) is 3. The van der Waals surface area contributed by atoms with Gasteiger partial charge in [0, 0.05) is 13.3 Å². The molecule has 1 unspecified atom stereocenters. The van der Waals surface area contributed by atoms with E-state index in [4.69, 9.17) is 4.84 Å². The Morgan fingerprint density at radius 1 is 1.50 bits per heavy atom. The van der Waals surface area contributed by atoms with E-state index in [1.54, 1.807) is 6.92 Å². The van der Waals surface area contributed by atoms with Crippen LogP contribution >= 0.6 is 0 Å². The highest BCUT2D eigenvalue weighted by molar-refractivity contribution is 6.39. The lowest BCUT2D eigenvalue weighted by atomic mass is 10.0. The van der Waals surface area contributed by atoms with Crippen LogP contribution in [0.5, 0.6) is 0 Å². The summed E-state index contributed by atoms with van der Waals surface area (Å²) >= 11 is 0. The van der Waals surface area contributed by atoms with Crippen LogP contribution in [-0.2, 0) is 9.63 Å². The van der Waals surface area contributed by atoms with Crippen molar-refractivity contribution < 1.29 is 9.63 Å². The lowest BCUT2D eigenvalue weighted by molar-refractivity contribution is -0.111. The summed E-state index contributed by atoms with van der Waals surface area (Å²) in [5.74, 6) is 0.0426. The van der Waals surface area contributed by atoms with Crippen LogP contribution in [0.1, 0.15) is 52.4 Å². The molecular formula is C11H19NO2. The topological polar surface area (TPSA) is 38.7 Å². The Balaban J connectivity index is 2.10. The van der Waals surface area contributed by atoms with Gasteiger partial charge in [-0.2, -0.15) is 0 Å². The minimum Gasteiger partial charge on any atom is -0.392 e. The van der Waals surface area contributed by atoms with Crippen molar-refractivity contribution in [2.75, 3.05) is 0 Å². The summed E-state index contributed by atoms with van der Waals surface area (Å²) in [5, 5.41) is 3.78. The van der Waals surface area contributed by atoms with E-state index in [0.29, 0.717) is 12.1 Å². The SMILES string of the molecule is CCCCCCC1CC(C(C)=O)=NO1. The highest BCUT2D eigenvalue weighted by atomic mass is 16.6. The number of Topliss-reactive ketones (excluding diaryl/α,β-unsaturated/α-hetero) is 1. The summed E-state index contributed by atoms with van der Waals surface area (Å²) in [6.07, 6.45) is 6.87. The van der Waals surface area contributed by atoms with Crippen LogP contribution in [0.2, 0.25) is 0 Å². The summed E-state index contributed by atoms with van der Waals surface area (Å²) in [6, 6.07) is 0. The molecule has 0 aromatic carbocycles. The summed E-state index contributed by atoms with van der Waals surface area (Å²) < 4.78 is 0. The van der Waals surface area contributed by atoms with Gasteiger partial charge in [0.25, 0.3) is 0 Å². The Morgan fingerprint density at radius 2 is 2.29 bits per heavy atom. The lowest BCUT2D eigenvalue weighted by Crippen LogP contribution is -2.12. The second-order valence-electron chi connectivity index (χ2n) is 3.88. The van der Waals surface area contributed by atoms with Gasteiger partial charge in [-0.25, -0.2) is 0 Å². The van der Waals surface area contributed by atoms with Crippen LogP contribution in [0.25, 0.3) is 0 Å². The number of carbonyl (C=O) groups excluding carboxylic acids is 1. The van der Waals surface area contributed by atoms with Crippen molar-refractivity contribution >= 4 is 11.5 Å². The van der Waals surface area contributed by atoms with Crippen molar-refractivity contribution in [1.29, 1.82) is 0 Å². The molecule has 0 spiro atoms. The van der Waals surface area contributed by atoms with E-state index in [1.165, 1.54) is 25.7 Å². The standard InChI is InChI=1S/C11H19NO2/c1-3-4-5-6-7-10-8-11(9(2)13)12-14-10/h10H,3-8H2,1-2H3. The molecule has 1 rings (SSSR count). The first-order valence-electron chi connectivity index (χ1n) is 5.47. The predicted octanol–water partition coefficient (Wildman–Crippen LogP) is 2.69. The molecule has 3 nitrogen and oxygen atoms in total. The molecule has 1 atom stereocenters. The van der Waals surface area contributed by atoms with Gasteiger partial charge in [0.1, 0.15) is 11.8 Å². The van der Waals surface area contributed by atoms with Gasteiger partial charge in [-0.05, 0) is 12.8 Å². The Morgan fingerprint density at radius 3 is 2.86 bits per heavy atom. The first-order chi connectivity index (χ1) is 6.74. The third-order valence-corrected chi connectivity index (χ3v) is 2.52. The molecule has 1 aliphatic heterocycles. The zero-order chi connectivity index (χ0) is 10.4. The molecule has 0 saturated carbocycles. The van der Waals surface area contributed by atoms with Gasteiger partial charge < -0.3 is 4.84 Å². The minimum absolute atomic E-state index is 0.0426. The average molecular weight is 197 g/mol. The average Bonchev–Trinajstić information content (AvgIpc) is 2.61. The van der Waals surface area contributed by atoms with Crippen molar-refractivity contribution in [3.05, 3.63) is 0 Å². The Bertz CT molecular complexity index is 223. The number of hydrogen-bond acceptors (Lipinski definition) is 3. The Kier molecular flexibility index (Phi) is 4.63. The zero-order valence-corrected chi connectivity index (χ0v) is 9.08. The maximum atomic E-state index is 11.0. The van der Waals surface area contributed by atoms with Crippen LogP contribution < -0.4 is 0 Å². The van der Waals surface area contributed by atoms with Crippen LogP contribution in [0.15, 0.2) is 5.16 Å². The van der Waals surface area contributed by atoms with Crippen LogP contribution in [-0.4, -0.2) is 17.6 Å². The fourth-order valence-corrected chi connectivity index (χ4v) is 1.59. The summed E-state index contributed by atoms with van der Waals surface area (Å²) in [7, 11) is 0. The number of carbonyl (C=O) groups is 1. The van der Waals surface area contributed by atoms with E-state index in [0.717, 1.165) is 6.42 Å². The van der Waals surface area contributed by atoms with Gasteiger partial charge in [-0.1, -0.05) is 31.3 Å². The predicted molar refractivity (Wildman–Crippen MR) is 56.4 cm³/mol. The largest absolute Gasteiger partial charge is 0.392 e. The minimum atomic E-state index is 0.0426. The van der Waals surface area contributed by atoms with Gasteiger partial charge >= 0.3 is 0 Å². The number of ketones is 1. The van der Waals surface area contributed by atoms with E-state index in [1.807, 2.05) is 0 Å². The van der Waals surface area contributed by atoms with Crippen molar-refractivity contribution in [3.8, 4) is 0 Å². The molecule has 0 bridgehead atoms. The summed E-state index contributed by atoms with van der Waals surface area (Å²) in [5.41, 5.74) is 0.602. The highest BCUT2D eigenvalue weighted by Gasteiger charge is 2.22. The van der Waals surface area contributed by atoms with Gasteiger partial charge in [0.2, 0.25) is 0 Å². The van der Waals surface area contributed by atoms with E-state index in [9.17, 15) is 4.79 Å². The third kappa shape index (κ3) is 3.48. The van der Waals surface area contributed by atoms with Crippen molar-refractivity contribution in [2.45, 2.75) is 58.5 Å². The molecule has 0 aromatic heterocycles. The van der Waals surface area contributed by atoms with Crippen LogP contribution in [0.4, 0.5) is 0 Å². The number of nitrogens with zero attached hydrogens (tertiary/aromatic N) is 1. The highest BCUT2D eigenvalue weighted by Crippen LogP contribution is 2.17. The summed E-state index contributed by atoms with van der Waals surface area (Å²) in [4.78, 5) is 16.1. The zero-order valence-electron chi connectivity index (χ0n) is 9.08. The smallest absolute Gasteiger partial charge is 0.177 e. The molecule has 0 radical (unpaired) electrons. The maximum absolute atomic E-state index is 11.0. The van der Waals surface area contributed by atoms with Crippen LogP contribution in [0.3, 0.4) is 0 Å². The Hall–Kier alpha value is -0.860. The van der Waals surface area contributed by atoms with Gasteiger partial charge in [0.05, 0.1) is 0 Å². The summed E-state index contributed by atoms with van der Waals surface area (Å²) in [6.45, 7) is 3.74. The first kappa shape index (κ1) is 11.2. The molecule has 3 heteroatoms. The fraction of sp³-hybridized carbons (Fsp3) is 0.818. The molecule has 80 valence electrons. The molecule has 0 aromatic rings. The fourth-order valence-electron chi connectivity index (χ4n) is 1.59. The van der Waals surface area contributed by atoms with E-state index >= 15 is 0 Å². The lowest BCUT2D eigenvalue weighted by Gasteiger charge is -2.06. The monoisotopic (exact) mass is 197 g/mol. The van der Waals surface area contributed by atoms with Crippen molar-refractivity contribution in [1.82, 2.24) is 0 Å². The second-order valence-corrected chi connectivity index (χ2v) is 3.88.